The largest absolute Gasteiger partial charge is 0.325 e. The van der Waals surface area contributed by atoms with Gasteiger partial charge in [0.05, 0.1) is 11.3 Å². The molecule has 1 aliphatic rings. The number of nitriles is 1. The molecule has 1 fully saturated rings. The molecule has 0 atom stereocenters. The SMILES string of the molecule is N#Cc1ccccc1NC(=O)CCN1CCN(Cc2ccc(F)cc2Cl)CC1. The van der Waals surface area contributed by atoms with Crippen LogP contribution in [0.5, 0.6) is 0 Å². The standard InChI is InChI=1S/C21H22ClFN4O/c22-19-13-18(23)6-5-17(19)15-27-11-9-26(10-12-27)8-7-21(28)25-20-4-2-1-3-16(20)14-24/h1-6,13H,7-12,15H2,(H,25,28). The van der Waals surface area contributed by atoms with E-state index < -0.39 is 0 Å². The first-order valence-electron chi connectivity index (χ1n) is 9.23. The second kappa shape index (κ2) is 9.65. The van der Waals surface area contributed by atoms with E-state index >= 15 is 0 Å². The zero-order valence-electron chi connectivity index (χ0n) is 15.5. The number of anilines is 1. The fourth-order valence-electron chi connectivity index (χ4n) is 3.22. The van der Waals surface area contributed by atoms with Gasteiger partial charge in [0.25, 0.3) is 0 Å². The van der Waals surface area contributed by atoms with Crippen molar-refractivity contribution in [2.75, 3.05) is 38.0 Å². The van der Waals surface area contributed by atoms with Gasteiger partial charge in [-0.15, -0.1) is 0 Å². The van der Waals surface area contributed by atoms with E-state index in [4.69, 9.17) is 16.9 Å². The number of amides is 1. The lowest BCUT2D eigenvalue weighted by Crippen LogP contribution is -2.46. The molecular weight excluding hydrogens is 379 g/mol. The minimum Gasteiger partial charge on any atom is -0.325 e. The lowest BCUT2D eigenvalue weighted by molar-refractivity contribution is -0.116. The van der Waals surface area contributed by atoms with Crippen molar-refractivity contribution in [3.8, 4) is 6.07 Å². The molecule has 0 bridgehead atoms. The highest BCUT2D eigenvalue weighted by Crippen LogP contribution is 2.20. The lowest BCUT2D eigenvalue weighted by Gasteiger charge is -2.34. The summed E-state index contributed by atoms with van der Waals surface area (Å²) in [6, 6.07) is 13.6. The Morgan fingerprint density at radius 2 is 1.86 bits per heavy atom. The van der Waals surface area contributed by atoms with Crippen molar-refractivity contribution in [3.63, 3.8) is 0 Å². The highest BCUT2D eigenvalue weighted by molar-refractivity contribution is 6.31. The Morgan fingerprint density at radius 3 is 2.57 bits per heavy atom. The minimum atomic E-state index is -0.325. The number of nitrogens with one attached hydrogen (secondary N) is 1. The minimum absolute atomic E-state index is 0.0942. The molecular formula is C21H22ClFN4O. The monoisotopic (exact) mass is 400 g/mol. The number of nitrogens with zero attached hydrogens (tertiary/aromatic N) is 3. The number of carbonyl (C=O) groups excluding carboxylic acids is 1. The Hall–Kier alpha value is -2.46. The molecule has 28 heavy (non-hydrogen) atoms. The second-order valence-corrected chi connectivity index (χ2v) is 7.22. The molecule has 1 saturated heterocycles. The molecule has 2 aromatic carbocycles. The maximum atomic E-state index is 13.2. The predicted octanol–water partition coefficient (Wildman–Crippen LogP) is 3.50. The molecule has 0 radical (unpaired) electrons. The highest BCUT2D eigenvalue weighted by Gasteiger charge is 2.18. The summed E-state index contributed by atoms with van der Waals surface area (Å²) in [7, 11) is 0. The van der Waals surface area contributed by atoms with Crippen LogP contribution in [0.15, 0.2) is 42.5 Å². The van der Waals surface area contributed by atoms with Crippen LogP contribution in [0, 0.1) is 17.1 Å². The summed E-state index contributed by atoms with van der Waals surface area (Å²) in [5.41, 5.74) is 1.94. The van der Waals surface area contributed by atoms with E-state index in [2.05, 4.69) is 21.2 Å². The van der Waals surface area contributed by atoms with Gasteiger partial charge in [-0.3, -0.25) is 9.69 Å². The Balaban J connectivity index is 1.42. The maximum Gasteiger partial charge on any atom is 0.225 e. The summed E-state index contributed by atoms with van der Waals surface area (Å²) in [5, 5.41) is 12.4. The molecule has 1 aliphatic heterocycles. The van der Waals surface area contributed by atoms with Gasteiger partial charge >= 0.3 is 0 Å². The van der Waals surface area contributed by atoms with Gasteiger partial charge in [-0.2, -0.15) is 5.26 Å². The molecule has 0 aromatic heterocycles. The van der Waals surface area contributed by atoms with Crippen LogP contribution >= 0.6 is 11.6 Å². The number of hydrogen-bond donors (Lipinski definition) is 1. The zero-order chi connectivity index (χ0) is 19.9. The van der Waals surface area contributed by atoms with Crippen LogP contribution in [0.2, 0.25) is 5.02 Å². The van der Waals surface area contributed by atoms with Crippen molar-refractivity contribution in [3.05, 3.63) is 64.4 Å². The van der Waals surface area contributed by atoms with Crippen molar-refractivity contribution in [2.45, 2.75) is 13.0 Å². The third kappa shape index (κ3) is 5.52. The second-order valence-electron chi connectivity index (χ2n) is 6.81. The number of piperazine rings is 1. The molecule has 7 heteroatoms. The van der Waals surface area contributed by atoms with Crippen LogP contribution in [-0.4, -0.2) is 48.4 Å². The van der Waals surface area contributed by atoms with Gasteiger partial charge in [0.2, 0.25) is 5.91 Å². The Labute approximate surface area is 169 Å². The number of benzene rings is 2. The van der Waals surface area contributed by atoms with Crippen molar-refractivity contribution in [2.24, 2.45) is 0 Å². The summed E-state index contributed by atoms with van der Waals surface area (Å²) < 4.78 is 13.2. The van der Waals surface area contributed by atoms with Gasteiger partial charge < -0.3 is 10.2 Å². The summed E-state index contributed by atoms with van der Waals surface area (Å²) in [6.07, 6.45) is 0.379. The molecule has 0 saturated carbocycles. The number of halogens is 2. The van der Waals surface area contributed by atoms with Gasteiger partial charge in [-0.05, 0) is 29.8 Å². The molecule has 0 spiro atoms. The van der Waals surface area contributed by atoms with Crippen LogP contribution < -0.4 is 5.32 Å². The topological polar surface area (TPSA) is 59.4 Å². The average Bonchev–Trinajstić information content (AvgIpc) is 2.70. The zero-order valence-corrected chi connectivity index (χ0v) is 16.3. The normalized spacial score (nSPS) is 15.2. The first kappa shape index (κ1) is 20.3. The van der Waals surface area contributed by atoms with Gasteiger partial charge in [0.1, 0.15) is 11.9 Å². The third-order valence-electron chi connectivity index (χ3n) is 4.85. The van der Waals surface area contributed by atoms with E-state index in [0.29, 0.717) is 35.8 Å². The smallest absolute Gasteiger partial charge is 0.225 e. The van der Waals surface area contributed by atoms with Crippen molar-refractivity contribution < 1.29 is 9.18 Å². The maximum absolute atomic E-state index is 13.2. The lowest BCUT2D eigenvalue weighted by atomic mass is 10.2. The van der Waals surface area contributed by atoms with Gasteiger partial charge in [-0.25, -0.2) is 4.39 Å². The number of carbonyl (C=O) groups is 1. The Morgan fingerprint density at radius 1 is 1.14 bits per heavy atom. The molecule has 3 rings (SSSR count). The fraction of sp³-hybridized carbons (Fsp3) is 0.333. The van der Waals surface area contributed by atoms with Crippen LogP contribution in [-0.2, 0) is 11.3 Å². The summed E-state index contributed by atoms with van der Waals surface area (Å²) >= 11 is 6.11. The van der Waals surface area contributed by atoms with Crippen molar-refractivity contribution in [1.82, 2.24) is 9.80 Å². The molecule has 0 aliphatic carbocycles. The van der Waals surface area contributed by atoms with Crippen molar-refractivity contribution in [1.29, 1.82) is 5.26 Å². The first-order chi connectivity index (χ1) is 13.5. The van der Waals surface area contributed by atoms with E-state index in [0.717, 1.165) is 31.7 Å². The predicted molar refractivity (Wildman–Crippen MR) is 108 cm³/mol. The van der Waals surface area contributed by atoms with E-state index in [1.807, 2.05) is 0 Å². The molecule has 1 N–H and O–H groups in total. The van der Waals surface area contributed by atoms with Gasteiger partial charge in [0.15, 0.2) is 0 Å². The average molecular weight is 401 g/mol. The quantitative estimate of drug-likeness (QED) is 0.806. The summed E-state index contributed by atoms with van der Waals surface area (Å²) in [5.74, 6) is -0.419. The van der Waals surface area contributed by atoms with Crippen LogP contribution in [0.1, 0.15) is 17.5 Å². The Bertz CT molecular complexity index is 875. The van der Waals surface area contributed by atoms with E-state index in [1.54, 1.807) is 30.3 Å². The molecule has 5 nitrogen and oxygen atoms in total. The van der Waals surface area contributed by atoms with E-state index in [9.17, 15) is 9.18 Å². The molecule has 2 aromatic rings. The highest BCUT2D eigenvalue weighted by atomic mass is 35.5. The van der Waals surface area contributed by atoms with Crippen LogP contribution in [0.3, 0.4) is 0 Å². The van der Waals surface area contributed by atoms with Gasteiger partial charge in [-0.1, -0.05) is 29.8 Å². The number of rotatable bonds is 6. The van der Waals surface area contributed by atoms with E-state index in [1.165, 1.54) is 12.1 Å². The van der Waals surface area contributed by atoms with Crippen molar-refractivity contribution >= 4 is 23.2 Å². The summed E-state index contributed by atoms with van der Waals surface area (Å²) in [6.45, 7) is 4.82. The van der Waals surface area contributed by atoms with Crippen LogP contribution in [0.25, 0.3) is 0 Å². The number of para-hydroxylation sites is 1. The molecule has 0 unspecified atom stereocenters. The molecule has 1 heterocycles. The van der Waals surface area contributed by atoms with Crippen LogP contribution in [0.4, 0.5) is 10.1 Å². The molecule has 1 amide bonds. The van der Waals surface area contributed by atoms with E-state index in [-0.39, 0.29) is 11.7 Å². The summed E-state index contributed by atoms with van der Waals surface area (Å²) in [4.78, 5) is 16.7. The van der Waals surface area contributed by atoms with Gasteiger partial charge in [0, 0.05) is 50.7 Å². The molecule has 146 valence electrons. The fourth-order valence-corrected chi connectivity index (χ4v) is 3.45. The third-order valence-corrected chi connectivity index (χ3v) is 5.20. The number of hydrogen-bond acceptors (Lipinski definition) is 4. The first-order valence-corrected chi connectivity index (χ1v) is 9.60. The Kier molecular flexibility index (Phi) is 6.99.